The maximum absolute atomic E-state index is 8.88. The van der Waals surface area contributed by atoms with E-state index in [1.54, 1.807) is 0 Å². The molecule has 5 nitrogen and oxygen atoms in total. The smallest absolute Gasteiger partial charge is 0.344 e. The fraction of sp³-hybridized carbons (Fsp3) is 1.00. The van der Waals surface area contributed by atoms with Gasteiger partial charge < -0.3 is 20.8 Å². The molecule has 0 aromatic heterocycles. The normalized spacial score (nSPS) is 11.2. The zero-order valence-electron chi connectivity index (χ0n) is 11.6. The molecule has 0 saturated heterocycles. The average molecular weight is 271 g/mol. The van der Waals surface area contributed by atoms with Crippen LogP contribution in [-0.2, 0) is 4.57 Å². The van der Waals surface area contributed by atoms with Crippen LogP contribution in [0.1, 0.15) is 66.2 Å². The van der Waals surface area contributed by atoms with Crippen LogP contribution in [0.3, 0.4) is 0 Å². The van der Waals surface area contributed by atoms with Gasteiger partial charge in [-0.2, -0.15) is 0 Å². The molecule has 6 N–H and O–H groups in total. The van der Waals surface area contributed by atoms with Gasteiger partial charge in [0.25, 0.3) is 0 Å². The standard InChI is InChI=1S/C11H24.H3N.H3O4P/c1-5-9-10-11(6-2,7-3)8-4;;1-5(2,3)4/h5-10H2,1-4H3;1H3;(H3,1,2,3,4). The molecule has 0 rings (SSSR count). The second kappa shape index (κ2) is 11.2. The Morgan fingerprint density at radius 1 is 0.941 bits per heavy atom. The van der Waals surface area contributed by atoms with Gasteiger partial charge in [-0.25, -0.2) is 4.57 Å². The van der Waals surface area contributed by atoms with Crippen molar-refractivity contribution in [3.05, 3.63) is 0 Å². The summed E-state index contributed by atoms with van der Waals surface area (Å²) in [6.45, 7) is 9.29. The fourth-order valence-corrected chi connectivity index (χ4v) is 1.83. The summed E-state index contributed by atoms with van der Waals surface area (Å²) in [5, 5.41) is 0. The lowest BCUT2D eigenvalue weighted by atomic mass is 9.76. The summed E-state index contributed by atoms with van der Waals surface area (Å²) in [6.07, 6.45) is 8.28. The summed E-state index contributed by atoms with van der Waals surface area (Å²) < 4.78 is 8.88. The quantitative estimate of drug-likeness (QED) is 0.551. The average Bonchev–Trinajstić information content (AvgIpc) is 2.19. The van der Waals surface area contributed by atoms with E-state index >= 15 is 0 Å². The van der Waals surface area contributed by atoms with Crippen molar-refractivity contribution in [2.75, 3.05) is 0 Å². The largest absolute Gasteiger partial charge is 0.466 e. The van der Waals surface area contributed by atoms with E-state index in [0.717, 1.165) is 0 Å². The molecule has 0 aromatic rings. The summed E-state index contributed by atoms with van der Waals surface area (Å²) in [6, 6.07) is 0. The Kier molecular flexibility index (Phi) is 14.6. The third-order valence-corrected chi connectivity index (χ3v) is 3.31. The first-order valence-corrected chi connectivity index (χ1v) is 7.59. The Labute approximate surface area is 105 Å². The lowest BCUT2D eigenvalue weighted by Crippen LogP contribution is -2.17. The molecular formula is C11H30NO4P. The first-order chi connectivity index (χ1) is 7.24. The van der Waals surface area contributed by atoms with Crippen LogP contribution >= 0.6 is 7.82 Å². The molecule has 0 saturated carbocycles. The highest BCUT2D eigenvalue weighted by molar-refractivity contribution is 7.45. The van der Waals surface area contributed by atoms with Gasteiger partial charge in [0.2, 0.25) is 0 Å². The Balaban J connectivity index is -0.000000280. The zero-order valence-corrected chi connectivity index (χ0v) is 12.5. The molecule has 0 atom stereocenters. The minimum atomic E-state index is -4.64. The van der Waals surface area contributed by atoms with Gasteiger partial charge in [0.05, 0.1) is 0 Å². The monoisotopic (exact) mass is 271 g/mol. The van der Waals surface area contributed by atoms with Crippen LogP contribution in [0.2, 0.25) is 0 Å². The molecule has 0 bridgehead atoms. The molecule has 0 aliphatic rings. The third-order valence-electron chi connectivity index (χ3n) is 3.31. The van der Waals surface area contributed by atoms with E-state index in [0.29, 0.717) is 5.41 Å². The van der Waals surface area contributed by atoms with Gasteiger partial charge in [0, 0.05) is 0 Å². The van der Waals surface area contributed by atoms with Crippen LogP contribution in [0.25, 0.3) is 0 Å². The van der Waals surface area contributed by atoms with E-state index in [-0.39, 0.29) is 6.15 Å². The highest BCUT2D eigenvalue weighted by atomic mass is 31.2. The first kappa shape index (κ1) is 22.3. The second-order valence-corrected chi connectivity index (χ2v) is 5.20. The molecule has 0 aliphatic heterocycles. The Bertz CT molecular complexity index is 185. The SMILES string of the molecule is CCCCC(CC)(CC)CC.N.O=P(O)(O)O. The van der Waals surface area contributed by atoms with Gasteiger partial charge in [0.1, 0.15) is 0 Å². The highest BCUT2D eigenvalue weighted by Gasteiger charge is 2.22. The zero-order chi connectivity index (χ0) is 13.2. The van der Waals surface area contributed by atoms with Gasteiger partial charge in [-0.3, -0.25) is 0 Å². The molecule has 0 amide bonds. The van der Waals surface area contributed by atoms with Crippen LogP contribution in [0.15, 0.2) is 0 Å². The molecule has 17 heavy (non-hydrogen) atoms. The molecular weight excluding hydrogens is 241 g/mol. The maximum Gasteiger partial charge on any atom is 0.466 e. The molecule has 6 heteroatoms. The summed E-state index contributed by atoms with van der Waals surface area (Å²) in [5.41, 5.74) is 0.677. The van der Waals surface area contributed by atoms with Gasteiger partial charge in [-0.1, -0.05) is 59.8 Å². The molecule has 0 unspecified atom stereocenters. The first-order valence-electron chi connectivity index (χ1n) is 6.03. The Hall–Kier alpha value is 0.0700. The van der Waals surface area contributed by atoms with Crippen molar-refractivity contribution in [1.82, 2.24) is 6.15 Å². The summed E-state index contributed by atoms with van der Waals surface area (Å²) >= 11 is 0. The van der Waals surface area contributed by atoms with Crippen LogP contribution in [-0.4, -0.2) is 14.7 Å². The van der Waals surface area contributed by atoms with Gasteiger partial charge in [0.15, 0.2) is 0 Å². The Morgan fingerprint density at radius 3 is 1.41 bits per heavy atom. The summed E-state index contributed by atoms with van der Waals surface area (Å²) in [7, 11) is -4.64. The van der Waals surface area contributed by atoms with Crippen molar-refractivity contribution < 1.29 is 19.2 Å². The van der Waals surface area contributed by atoms with E-state index < -0.39 is 7.82 Å². The van der Waals surface area contributed by atoms with Crippen molar-refractivity contribution >= 4 is 7.82 Å². The van der Waals surface area contributed by atoms with E-state index in [9.17, 15) is 0 Å². The number of phosphoric acid groups is 1. The molecule has 0 fully saturated rings. The van der Waals surface area contributed by atoms with Crippen molar-refractivity contribution in [2.45, 2.75) is 66.2 Å². The third kappa shape index (κ3) is 16.1. The molecule has 0 spiro atoms. The summed E-state index contributed by atoms with van der Waals surface area (Å²) in [4.78, 5) is 21.6. The molecule has 0 aliphatic carbocycles. The fourth-order valence-electron chi connectivity index (χ4n) is 1.83. The van der Waals surface area contributed by atoms with E-state index in [4.69, 9.17) is 19.2 Å². The van der Waals surface area contributed by atoms with Crippen molar-refractivity contribution in [3.63, 3.8) is 0 Å². The molecule has 0 heterocycles. The van der Waals surface area contributed by atoms with Crippen LogP contribution in [0.4, 0.5) is 0 Å². The lowest BCUT2D eigenvalue weighted by Gasteiger charge is -2.30. The predicted octanol–water partition coefficient (Wildman–Crippen LogP) is 3.63. The van der Waals surface area contributed by atoms with Crippen LogP contribution < -0.4 is 6.15 Å². The van der Waals surface area contributed by atoms with Crippen molar-refractivity contribution in [1.29, 1.82) is 0 Å². The van der Waals surface area contributed by atoms with Crippen LogP contribution in [0, 0.1) is 5.41 Å². The van der Waals surface area contributed by atoms with Gasteiger partial charge >= 0.3 is 7.82 Å². The van der Waals surface area contributed by atoms with E-state index in [1.165, 1.54) is 38.5 Å². The van der Waals surface area contributed by atoms with E-state index in [1.807, 2.05) is 0 Å². The van der Waals surface area contributed by atoms with Crippen LogP contribution in [0.5, 0.6) is 0 Å². The lowest BCUT2D eigenvalue weighted by molar-refractivity contribution is 0.222. The number of hydrogen-bond donors (Lipinski definition) is 4. The second-order valence-electron chi connectivity index (χ2n) is 4.18. The minimum Gasteiger partial charge on any atom is -0.344 e. The minimum absolute atomic E-state index is 0. The van der Waals surface area contributed by atoms with Gasteiger partial charge in [-0.15, -0.1) is 0 Å². The number of unbranched alkanes of at least 4 members (excludes halogenated alkanes) is 1. The number of rotatable bonds is 6. The van der Waals surface area contributed by atoms with Crippen molar-refractivity contribution in [2.24, 2.45) is 5.41 Å². The molecule has 0 radical (unpaired) electrons. The summed E-state index contributed by atoms with van der Waals surface area (Å²) in [5.74, 6) is 0. The van der Waals surface area contributed by atoms with E-state index in [2.05, 4.69) is 27.7 Å². The maximum atomic E-state index is 8.88. The van der Waals surface area contributed by atoms with Gasteiger partial charge in [-0.05, 0) is 11.8 Å². The predicted molar refractivity (Wildman–Crippen MR) is 72.1 cm³/mol. The highest BCUT2D eigenvalue weighted by Crippen LogP contribution is 2.35. The van der Waals surface area contributed by atoms with Crippen molar-refractivity contribution in [3.8, 4) is 0 Å². The topological polar surface area (TPSA) is 113 Å². The molecule has 0 aromatic carbocycles. The Morgan fingerprint density at radius 2 is 1.24 bits per heavy atom. The molecule has 108 valence electrons. The number of hydrogen-bond acceptors (Lipinski definition) is 2.